The van der Waals surface area contributed by atoms with Crippen molar-refractivity contribution in [1.29, 1.82) is 0 Å². The molecule has 2 aromatic heterocycles. The maximum Gasteiger partial charge on any atom is 0.324 e. The van der Waals surface area contributed by atoms with Crippen molar-refractivity contribution in [2.45, 2.75) is 51.5 Å². The van der Waals surface area contributed by atoms with E-state index in [2.05, 4.69) is 19.9 Å². The summed E-state index contributed by atoms with van der Waals surface area (Å²) in [5, 5.41) is 0. The average Bonchev–Trinajstić information content (AvgIpc) is 3.20. The molecule has 11 heteroatoms. The third-order valence-corrected chi connectivity index (χ3v) is 5.06. The molecule has 2 aromatic rings. The van der Waals surface area contributed by atoms with Crippen molar-refractivity contribution < 1.29 is 23.0 Å². The Morgan fingerprint density at radius 1 is 1.20 bits per heavy atom. The first-order valence-corrected chi connectivity index (χ1v) is 9.86. The van der Waals surface area contributed by atoms with Gasteiger partial charge in [-0.2, -0.15) is 15.0 Å². The first kappa shape index (κ1) is 20.6. The van der Waals surface area contributed by atoms with E-state index in [0.717, 1.165) is 12.5 Å². The Hall–Kier alpha value is -2.66. The minimum atomic E-state index is -2.77. The standard InChI is InChI=1S/C19H24F2N6O3/c1-10-8-28-9-11(2)27(10)18-24-17(13-7-23-14(22)6-12(13)16(20)21)25-19(26-18)30-15-4-3-5-29-15/h6-7,10-11,15-16H,3-5,8-9H2,1-2H3,(H2,22,23)/t10-,11+,15-/m1/s1. The van der Waals surface area contributed by atoms with Crippen molar-refractivity contribution in [3.8, 4) is 17.4 Å². The third-order valence-electron chi connectivity index (χ3n) is 5.06. The molecule has 2 aliphatic rings. The van der Waals surface area contributed by atoms with E-state index in [1.165, 1.54) is 6.20 Å². The molecule has 0 saturated carbocycles. The number of nitrogens with zero attached hydrogens (tertiary/aromatic N) is 5. The number of ether oxygens (including phenoxy) is 3. The summed E-state index contributed by atoms with van der Waals surface area (Å²) in [5.41, 5.74) is 5.38. The van der Waals surface area contributed by atoms with Gasteiger partial charge in [0.25, 0.3) is 6.43 Å². The number of aromatic nitrogens is 4. The molecular weight excluding hydrogens is 398 g/mol. The van der Waals surface area contributed by atoms with Crippen LogP contribution in [-0.4, -0.2) is 58.1 Å². The molecule has 2 fully saturated rings. The monoisotopic (exact) mass is 422 g/mol. The molecule has 0 bridgehead atoms. The van der Waals surface area contributed by atoms with Crippen molar-refractivity contribution in [3.63, 3.8) is 0 Å². The van der Waals surface area contributed by atoms with Gasteiger partial charge in [-0.1, -0.05) is 0 Å². The van der Waals surface area contributed by atoms with Crippen molar-refractivity contribution >= 4 is 11.8 Å². The second-order valence-corrected chi connectivity index (χ2v) is 7.44. The number of hydrogen-bond donors (Lipinski definition) is 1. The molecule has 2 saturated heterocycles. The van der Waals surface area contributed by atoms with Gasteiger partial charge < -0.3 is 24.8 Å². The number of halogens is 2. The number of alkyl halides is 2. The van der Waals surface area contributed by atoms with Gasteiger partial charge in [-0.25, -0.2) is 13.8 Å². The first-order chi connectivity index (χ1) is 14.4. The summed E-state index contributed by atoms with van der Waals surface area (Å²) in [6.45, 7) is 5.55. The number of nitrogen functional groups attached to an aromatic ring is 1. The van der Waals surface area contributed by atoms with Gasteiger partial charge in [0.1, 0.15) is 5.82 Å². The molecular formula is C19H24F2N6O3. The lowest BCUT2D eigenvalue weighted by Crippen LogP contribution is -2.50. The summed E-state index contributed by atoms with van der Waals surface area (Å²) in [4.78, 5) is 19.2. The minimum absolute atomic E-state index is 0.00502. The van der Waals surface area contributed by atoms with Crippen LogP contribution in [0.3, 0.4) is 0 Å². The highest BCUT2D eigenvalue weighted by Gasteiger charge is 2.30. The Balaban J connectivity index is 1.79. The van der Waals surface area contributed by atoms with Crippen LogP contribution >= 0.6 is 0 Å². The zero-order chi connectivity index (χ0) is 21.3. The molecule has 0 radical (unpaired) electrons. The van der Waals surface area contributed by atoms with Crippen molar-refractivity contribution in [3.05, 3.63) is 17.8 Å². The molecule has 162 valence electrons. The Morgan fingerprint density at radius 3 is 2.63 bits per heavy atom. The predicted octanol–water partition coefficient (Wildman–Crippen LogP) is 2.58. The lowest BCUT2D eigenvalue weighted by molar-refractivity contribution is -0.0446. The van der Waals surface area contributed by atoms with Gasteiger partial charge >= 0.3 is 6.01 Å². The van der Waals surface area contributed by atoms with Crippen LogP contribution in [0.4, 0.5) is 20.5 Å². The molecule has 0 amide bonds. The summed E-state index contributed by atoms with van der Waals surface area (Å²) in [6, 6.07) is 1.12. The number of rotatable bonds is 5. The van der Waals surface area contributed by atoms with Gasteiger partial charge in [-0.15, -0.1) is 0 Å². The van der Waals surface area contributed by atoms with E-state index in [1.54, 1.807) is 0 Å². The summed E-state index contributed by atoms with van der Waals surface area (Å²) in [5.74, 6) is 0.365. The van der Waals surface area contributed by atoms with Gasteiger partial charge in [-0.05, 0) is 26.3 Å². The van der Waals surface area contributed by atoms with Gasteiger partial charge in [0.05, 0.1) is 31.9 Å². The zero-order valence-corrected chi connectivity index (χ0v) is 16.8. The van der Waals surface area contributed by atoms with Gasteiger partial charge in [0.15, 0.2) is 5.82 Å². The highest BCUT2D eigenvalue weighted by Crippen LogP contribution is 2.32. The predicted molar refractivity (Wildman–Crippen MR) is 104 cm³/mol. The fourth-order valence-electron chi connectivity index (χ4n) is 3.65. The lowest BCUT2D eigenvalue weighted by atomic mass is 10.1. The number of pyridine rings is 1. The van der Waals surface area contributed by atoms with E-state index >= 15 is 0 Å². The van der Waals surface area contributed by atoms with Crippen LogP contribution in [0.2, 0.25) is 0 Å². The van der Waals surface area contributed by atoms with Gasteiger partial charge in [0, 0.05) is 23.7 Å². The Morgan fingerprint density at radius 2 is 1.97 bits per heavy atom. The minimum Gasteiger partial charge on any atom is -0.433 e. The zero-order valence-electron chi connectivity index (χ0n) is 16.8. The molecule has 0 spiro atoms. The van der Waals surface area contributed by atoms with Crippen molar-refractivity contribution in [2.75, 3.05) is 30.5 Å². The largest absolute Gasteiger partial charge is 0.433 e. The molecule has 3 atom stereocenters. The van der Waals surface area contributed by atoms with Crippen LogP contribution in [0.15, 0.2) is 12.3 Å². The second-order valence-electron chi connectivity index (χ2n) is 7.44. The summed E-state index contributed by atoms with van der Waals surface area (Å²) in [7, 11) is 0. The Bertz CT molecular complexity index is 887. The van der Waals surface area contributed by atoms with Crippen LogP contribution in [0.25, 0.3) is 11.4 Å². The normalized spacial score (nSPS) is 24.4. The second kappa shape index (κ2) is 8.60. The van der Waals surface area contributed by atoms with Gasteiger partial charge in [-0.3, -0.25) is 0 Å². The molecule has 0 unspecified atom stereocenters. The molecule has 9 nitrogen and oxygen atoms in total. The maximum absolute atomic E-state index is 13.7. The summed E-state index contributed by atoms with van der Waals surface area (Å²) >= 11 is 0. The van der Waals surface area contributed by atoms with E-state index in [0.29, 0.717) is 32.2 Å². The van der Waals surface area contributed by atoms with E-state index in [-0.39, 0.29) is 40.9 Å². The van der Waals surface area contributed by atoms with Crippen LogP contribution in [0, 0.1) is 0 Å². The molecule has 4 rings (SSSR count). The molecule has 2 N–H and O–H groups in total. The fourth-order valence-corrected chi connectivity index (χ4v) is 3.65. The number of anilines is 2. The summed E-state index contributed by atoms with van der Waals surface area (Å²) in [6.07, 6.45) is -0.435. The number of nitrogens with two attached hydrogens (primary N) is 1. The topological polar surface area (TPSA) is 109 Å². The van der Waals surface area contributed by atoms with Crippen molar-refractivity contribution in [1.82, 2.24) is 19.9 Å². The highest BCUT2D eigenvalue weighted by atomic mass is 19.3. The molecule has 0 aromatic carbocycles. The molecule has 30 heavy (non-hydrogen) atoms. The smallest absolute Gasteiger partial charge is 0.324 e. The van der Waals surface area contributed by atoms with Crippen LogP contribution in [0.5, 0.6) is 6.01 Å². The third kappa shape index (κ3) is 4.26. The van der Waals surface area contributed by atoms with E-state index in [9.17, 15) is 8.78 Å². The quantitative estimate of drug-likeness (QED) is 0.777. The first-order valence-electron chi connectivity index (χ1n) is 9.86. The Kier molecular flexibility index (Phi) is 5.91. The van der Waals surface area contributed by atoms with Crippen LogP contribution in [-0.2, 0) is 9.47 Å². The number of hydrogen-bond acceptors (Lipinski definition) is 9. The molecule has 4 heterocycles. The lowest BCUT2D eigenvalue weighted by Gasteiger charge is -2.38. The Labute approximate surface area is 172 Å². The van der Waals surface area contributed by atoms with Crippen LogP contribution in [0.1, 0.15) is 38.7 Å². The maximum atomic E-state index is 13.7. The van der Waals surface area contributed by atoms with Gasteiger partial charge in [0.2, 0.25) is 12.2 Å². The van der Waals surface area contributed by atoms with E-state index in [1.807, 2.05) is 18.7 Å². The fraction of sp³-hybridized carbons (Fsp3) is 0.579. The highest BCUT2D eigenvalue weighted by molar-refractivity contribution is 5.63. The molecule has 0 aliphatic carbocycles. The average molecular weight is 422 g/mol. The van der Waals surface area contributed by atoms with E-state index < -0.39 is 12.7 Å². The summed E-state index contributed by atoms with van der Waals surface area (Å²) < 4.78 is 44.2. The van der Waals surface area contributed by atoms with Crippen molar-refractivity contribution in [2.24, 2.45) is 0 Å². The SMILES string of the molecule is C[C@@H]1COC[C@H](C)N1c1nc(O[C@@H]2CCCO2)nc(-c2cnc(N)cc2C(F)F)n1. The molecule has 2 aliphatic heterocycles. The number of morpholine rings is 1. The van der Waals surface area contributed by atoms with E-state index in [4.69, 9.17) is 19.9 Å². The van der Waals surface area contributed by atoms with Crippen LogP contribution < -0.4 is 15.4 Å².